The second-order valence-electron chi connectivity index (χ2n) is 8.16. The van der Waals surface area contributed by atoms with E-state index >= 15 is 0 Å². The lowest BCUT2D eigenvalue weighted by atomic mass is 9.84. The van der Waals surface area contributed by atoms with E-state index in [0.717, 1.165) is 47.2 Å². The zero-order chi connectivity index (χ0) is 20.8. The van der Waals surface area contributed by atoms with E-state index in [0.29, 0.717) is 23.6 Å². The van der Waals surface area contributed by atoms with Crippen LogP contribution in [0.25, 0.3) is 11.1 Å². The van der Waals surface area contributed by atoms with Crippen LogP contribution in [0.15, 0.2) is 24.5 Å². The van der Waals surface area contributed by atoms with Crippen LogP contribution in [0.3, 0.4) is 0 Å². The summed E-state index contributed by atoms with van der Waals surface area (Å²) < 4.78 is 16.1. The number of hydrogen-bond donors (Lipinski definition) is 2. The Morgan fingerprint density at radius 3 is 2.83 bits per heavy atom. The van der Waals surface area contributed by atoms with Crippen LogP contribution in [-0.2, 0) is 27.8 Å². The monoisotopic (exact) mass is 433 g/mol. The molecule has 0 saturated heterocycles. The van der Waals surface area contributed by atoms with E-state index in [-0.39, 0.29) is 11.9 Å². The van der Waals surface area contributed by atoms with Crippen molar-refractivity contribution in [3.8, 4) is 11.1 Å². The van der Waals surface area contributed by atoms with Gasteiger partial charge in [-0.25, -0.2) is 0 Å². The number of rotatable bonds is 4. The highest BCUT2D eigenvalue weighted by atomic mass is 35.5. The number of amides is 1. The summed E-state index contributed by atoms with van der Waals surface area (Å²) in [7, 11) is -0.575. The van der Waals surface area contributed by atoms with Gasteiger partial charge in [-0.3, -0.25) is 18.7 Å². The number of anilines is 1. The molecule has 1 aliphatic heterocycles. The Balaban J connectivity index is 1.77. The fourth-order valence-electron chi connectivity index (χ4n) is 4.44. The third-order valence-corrected chi connectivity index (χ3v) is 8.54. The smallest absolute Gasteiger partial charge is 0.227 e. The van der Waals surface area contributed by atoms with Gasteiger partial charge in [0.05, 0.1) is 10.7 Å². The average molecular weight is 434 g/mol. The van der Waals surface area contributed by atoms with Crippen molar-refractivity contribution in [3.05, 3.63) is 46.2 Å². The van der Waals surface area contributed by atoms with Crippen LogP contribution >= 0.6 is 11.6 Å². The van der Waals surface area contributed by atoms with Gasteiger partial charge in [-0.15, -0.1) is 0 Å². The summed E-state index contributed by atoms with van der Waals surface area (Å²) >= 11 is 6.61. The highest BCUT2D eigenvalue weighted by molar-refractivity contribution is 8.00. The van der Waals surface area contributed by atoms with Crippen molar-refractivity contribution in [1.29, 1.82) is 0 Å². The van der Waals surface area contributed by atoms with Gasteiger partial charge in [-0.05, 0) is 60.1 Å². The highest BCUT2D eigenvalue weighted by Crippen LogP contribution is 2.41. The number of aryl methyl sites for hydroxylation is 1. The number of aromatic nitrogens is 1. The summed E-state index contributed by atoms with van der Waals surface area (Å²) in [6, 6.07) is 4.16. The molecule has 0 saturated carbocycles. The molecule has 1 aromatic heterocycles. The lowest BCUT2D eigenvalue weighted by molar-refractivity contribution is -0.118. The van der Waals surface area contributed by atoms with Gasteiger partial charge in [0.15, 0.2) is 0 Å². The van der Waals surface area contributed by atoms with E-state index in [2.05, 4.69) is 15.8 Å². The molecule has 1 unspecified atom stereocenters. The second-order valence-corrected chi connectivity index (χ2v) is 11.7. The maximum atomic E-state index is 12.7. The van der Waals surface area contributed by atoms with Crippen molar-refractivity contribution >= 4 is 33.3 Å². The fraction of sp³-hybridized carbons (Fsp3) is 0.455. The summed E-state index contributed by atoms with van der Waals surface area (Å²) in [6.45, 7) is 1.96. The van der Waals surface area contributed by atoms with Gasteiger partial charge < -0.3 is 4.90 Å². The lowest BCUT2D eigenvalue weighted by Gasteiger charge is -2.32. The summed E-state index contributed by atoms with van der Waals surface area (Å²) in [6.07, 6.45) is 9.82. The molecule has 5 nitrogen and oxygen atoms in total. The van der Waals surface area contributed by atoms with Gasteiger partial charge in [-0.1, -0.05) is 28.6 Å². The Morgan fingerprint density at radius 1 is 1.28 bits per heavy atom. The number of fused-ring (bicyclic) bond motifs is 2. The Hall–Kier alpha value is -1.76. The van der Waals surface area contributed by atoms with Crippen LogP contribution in [0.4, 0.5) is 5.69 Å². The number of pyridine rings is 1. The minimum Gasteiger partial charge on any atom is -0.314 e. The topological polar surface area (TPSA) is 62.3 Å². The van der Waals surface area contributed by atoms with E-state index in [1.54, 1.807) is 11.9 Å². The molecule has 2 aromatic rings. The number of thiol groups is 1. The number of benzene rings is 1. The molecule has 29 heavy (non-hydrogen) atoms. The van der Waals surface area contributed by atoms with E-state index in [1.165, 1.54) is 5.56 Å². The van der Waals surface area contributed by atoms with Gasteiger partial charge in [0.2, 0.25) is 5.91 Å². The normalized spacial score (nSPS) is 19.7. The van der Waals surface area contributed by atoms with Crippen molar-refractivity contribution in [3.63, 3.8) is 0 Å². The quantitative estimate of drug-likeness (QED) is 0.719. The molecule has 2 heterocycles. The number of nitrogens with one attached hydrogen (secondary N) is 1. The minimum atomic E-state index is -2.36. The molecular weight excluding hydrogens is 406 g/mol. The average Bonchev–Trinajstić information content (AvgIpc) is 2.70. The Morgan fingerprint density at radius 2 is 2.07 bits per heavy atom. The summed E-state index contributed by atoms with van der Waals surface area (Å²) in [4.78, 5) is 18.2. The molecule has 1 aromatic carbocycles. The van der Waals surface area contributed by atoms with Gasteiger partial charge in [0, 0.05) is 49.5 Å². The molecule has 0 spiro atoms. The zero-order valence-corrected chi connectivity index (χ0v) is 18.8. The van der Waals surface area contributed by atoms with Gasteiger partial charge in [-0.2, -0.15) is 0 Å². The first kappa shape index (κ1) is 20.5. The first-order valence-corrected chi connectivity index (χ1v) is 12.9. The van der Waals surface area contributed by atoms with E-state index in [4.69, 9.17) is 11.6 Å². The molecule has 7 heteroatoms. The van der Waals surface area contributed by atoms with Crippen molar-refractivity contribution in [2.45, 2.75) is 45.1 Å². The Bertz CT molecular complexity index is 1020. The van der Waals surface area contributed by atoms with Crippen molar-refractivity contribution < 1.29 is 9.00 Å². The maximum Gasteiger partial charge on any atom is 0.227 e. The molecule has 0 bridgehead atoms. The molecular formula is C22H28ClN3O2S. The molecule has 0 fully saturated rings. The Kier molecular flexibility index (Phi) is 5.53. The highest BCUT2D eigenvalue weighted by Gasteiger charge is 2.28. The lowest BCUT2D eigenvalue weighted by Crippen LogP contribution is -2.37. The standard InChI is InChI=1S/C22H28ClN3O2S/c1-4-29(3,28)25-20-7-5-6-16-17(12-24-13-18(16)20)15-10-14-8-9-21(27)26(2)22(14)19(23)11-15/h10-13,20,29H,4-9H2,1-3H3,(H,25,28). The maximum absolute atomic E-state index is 12.7. The SMILES string of the molecule is CC[SH](C)(=O)NC1CCCc2c(-c3cc(Cl)c4c(c3)CCC(=O)N4C)cncc21. The van der Waals surface area contributed by atoms with Crippen LogP contribution in [-0.4, -0.2) is 34.2 Å². The van der Waals surface area contributed by atoms with E-state index in [9.17, 15) is 9.00 Å². The van der Waals surface area contributed by atoms with Crippen molar-refractivity contribution in [2.75, 3.05) is 24.0 Å². The number of carbonyl (C=O) groups is 1. The predicted molar refractivity (Wildman–Crippen MR) is 121 cm³/mol. The minimum absolute atomic E-state index is 0.0684. The molecule has 2 aliphatic rings. The van der Waals surface area contributed by atoms with Crippen molar-refractivity contribution in [1.82, 2.24) is 9.71 Å². The first-order valence-electron chi connectivity index (χ1n) is 10.2. The first-order chi connectivity index (χ1) is 13.8. The van der Waals surface area contributed by atoms with E-state index in [1.807, 2.05) is 31.6 Å². The third kappa shape index (κ3) is 3.86. The largest absolute Gasteiger partial charge is 0.314 e. The summed E-state index contributed by atoms with van der Waals surface area (Å²) in [5.41, 5.74) is 6.44. The van der Waals surface area contributed by atoms with Crippen LogP contribution in [0, 0.1) is 0 Å². The third-order valence-electron chi connectivity index (χ3n) is 6.19. The molecule has 1 N–H and O–H groups in total. The molecule has 4 rings (SSSR count). The molecule has 1 atom stereocenters. The summed E-state index contributed by atoms with van der Waals surface area (Å²) in [5.74, 6) is 0.735. The molecule has 1 amide bonds. The van der Waals surface area contributed by atoms with Gasteiger partial charge in [0.1, 0.15) is 0 Å². The van der Waals surface area contributed by atoms with Crippen LogP contribution in [0.2, 0.25) is 5.02 Å². The Labute approximate surface area is 178 Å². The van der Waals surface area contributed by atoms with Crippen LogP contribution in [0.1, 0.15) is 48.9 Å². The number of nitrogens with zero attached hydrogens (tertiary/aromatic N) is 2. The second kappa shape index (κ2) is 7.82. The molecule has 0 radical (unpaired) electrons. The van der Waals surface area contributed by atoms with Crippen LogP contribution in [0.5, 0.6) is 0 Å². The van der Waals surface area contributed by atoms with Crippen molar-refractivity contribution in [2.24, 2.45) is 0 Å². The number of halogens is 1. The van der Waals surface area contributed by atoms with Gasteiger partial charge >= 0.3 is 0 Å². The van der Waals surface area contributed by atoms with Crippen LogP contribution < -0.4 is 9.62 Å². The molecule has 1 aliphatic carbocycles. The number of hydrogen-bond acceptors (Lipinski definition) is 3. The molecule has 156 valence electrons. The number of carbonyl (C=O) groups excluding carboxylic acids is 1. The zero-order valence-electron chi connectivity index (χ0n) is 17.2. The summed E-state index contributed by atoms with van der Waals surface area (Å²) in [5, 5.41) is 0.597. The predicted octanol–water partition coefficient (Wildman–Crippen LogP) is 3.86. The van der Waals surface area contributed by atoms with Gasteiger partial charge in [0.25, 0.3) is 0 Å². The van der Waals surface area contributed by atoms with E-state index < -0.39 is 10.1 Å². The fourth-order valence-corrected chi connectivity index (χ4v) is 5.91.